The molecule has 1 amide bonds. The highest BCUT2D eigenvalue weighted by atomic mass is 16.5. The van der Waals surface area contributed by atoms with Gasteiger partial charge in [0.2, 0.25) is 0 Å². The van der Waals surface area contributed by atoms with Crippen molar-refractivity contribution >= 4 is 12.2 Å². The Kier molecular flexibility index (Phi) is 1.48. The van der Waals surface area contributed by atoms with Crippen LogP contribution in [-0.4, -0.2) is 18.8 Å². The summed E-state index contributed by atoms with van der Waals surface area (Å²) in [5.41, 5.74) is 0. The average molecular weight is 127 g/mol. The van der Waals surface area contributed by atoms with Crippen molar-refractivity contribution in [2.45, 2.75) is 0 Å². The number of hydrogen-bond acceptors (Lipinski definition) is 3. The van der Waals surface area contributed by atoms with E-state index in [0.29, 0.717) is 6.29 Å². The predicted molar refractivity (Wildman–Crippen MR) is 28.2 cm³/mol. The first kappa shape index (κ1) is 5.81. The van der Waals surface area contributed by atoms with Gasteiger partial charge >= 0.3 is 0 Å². The molecule has 1 N–H and O–H groups in total. The maximum atomic E-state index is 10.3. The van der Waals surface area contributed by atoms with E-state index in [9.17, 15) is 9.59 Å². The van der Waals surface area contributed by atoms with Crippen LogP contribution >= 0.6 is 0 Å². The van der Waals surface area contributed by atoms with Gasteiger partial charge in [-0.25, -0.2) is 0 Å². The predicted octanol–water partition coefficient (Wildman–Crippen LogP) is -0.827. The molecule has 0 bridgehead atoms. The number of amides is 1. The van der Waals surface area contributed by atoms with E-state index < -0.39 is 0 Å². The van der Waals surface area contributed by atoms with Gasteiger partial charge < -0.3 is 4.74 Å². The Morgan fingerprint density at radius 2 is 2.44 bits per heavy atom. The van der Waals surface area contributed by atoms with E-state index in [1.54, 1.807) is 0 Å². The van der Waals surface area contributed by atoms with Crippen molar-refractivity contribution < 1.29 is 14.3 Å². The number of rotatable bonds is 1. The van der Waals surface area contributed by atoms with Crippen LogP contribution in [0.25, 0.3) is 0 Å². The maximum absolute atomic E-state index is 10.3. The second kappa shape index (κ2) is 2.30. The number of carbonyl (C=O) groups excluding carboxylic acids is 2. The molecule has 0 atom stereocenters. The highest BCUT2D eigenvalue weighted by Crippen LogP contribution is 1.97. The highest BCUT2D eigenvalue weighted by Gasteiger charge is 2.13. The fraction of sp³-hybridized carbons (Fsp3) is 0.200. The lowest BCUT2D eigenvalue weighted by Gasteiger charge is -1.89. The summed E-state index contributed by atoms with van der Waals surface area (Å²) in [6.45, 7) is 0.0136. The first-order valence-electron chi connectivity index (χ1n) is 2.41. The van der Waals surface area contributed by atoms with Gasteiger partial charge in [0, 0.05) is 6.08 Å². The van der Waals surface area contributed by atoms with Crippen molar-refractivity contribution in [3.63, 3.8) is 0 Å². The fourth-order valence-corrected chi connectivity index (χ4v) is 0.504. The van der Waals surface area contributed by atoms with Gasteiger partial charge in [-0.15, -0.1) is 0 Å². The number of hydrogen-bond donors (Lipinski definition) is 1. The number of carbonyl (C=O) groups is 2. The summed E-state index contributed by atoms with van der Waals surface area (Å²) >= 11 is 0. The maximum Gasteiger partial charge on any atom is 0.264 e. The summed E-state index contributed by atoms with van der Waals surface area (Å²) in [7, 11) is 0. The summed E-state index contributed by atoms with van der Waals surface area (Å²) in [5, 5.41) is 2.32. The third-order valence-corrected chi connectivity index (χ3v) is 0.841. The van der Waals surface area contributed by atoms with Crippen molar-refractivity contribution in [2.75, 3.05) is 6.61 Å². The van der Waals surface area contributed by atoms with Crippen molar-refractivity contribution in [3.05, 3.63) is 12.0 Å². The van der Waals surface area contributed by atoms with E-state index in [2.05, 4.69) is 10.1 Å². The normalized spacial score (nSPS) is 21.3. The second-order valence-electron chi connectivity index (χ2n) is 1.50. The molecule has 0 aromatic rings. The lowest BCUT2D eigenvalue weighted by atomic mass is 10.6. The van der Waals surface area contributed by atoms with E-state index in [0.717, 1.165) is 6.08 Å². The van der Waals surface area contributed by atoms with Crippen LogP contribution in [0, 0.1) is 0 Å². The zero-order chi connectivity index (χ0) is 6.69. The minimum absolute atomic E-state index is 0.0136. The Labute approximate surface area is 51.5 Å². The largest absolute Gasteiger partial charge is 0.469 e. The second-order valence-corrected chi connectivity index (χ2v) is 1.50. The number of nitrogens with one attached hydrogen (secondary N) is 1. The van der Waals surface area contributed by atoms with Gasteiger partial charge in [-0.05, 0) is 0 Å². The minimum atomic E-state index is -0.219. The van der Waals surface area contributed by atoms with Gasteiger partial charge in [-0.3, -0.25) is 14.9 Å². The molecule has 0 radical (unpaired) electrons. The Balaban J connectivity index is 2.57. The van der Waals surface area contributed by atoms with Crippen LogP contribution in [0.15, 0.2) is 12.0 Å². The molecule has 9 heavy (non-hydrogen) atoms. The van der Waals surface area contributed by atoms with E-state index in [4.69, 9.17) is 0 Å². The number of aldehydes is 1. The summed E-state index contributed by atoms with van der Waals surface area (Å²) in [5.74, 6) is 0.0121. The van der Waals surface area contributed by atoms with Gasteiger partial charge in [-0.1, -0.05) is 0 Å². The number of allylic oxidation sites excluding steroid dienone is 1. The van der Waals surface area contributed by atoms with Crippen LogP contribution < -0.4 is 5.32 Å². The van der Waals surface area contributed by atoms with Gasteiger partial charge in [0.05, 0.1) is 0 Å². The van der Waals surface area contributed by atoms with E-state index in [-0.39, 0.29) is 18.4 Å². The molecule has 0 unspecified atom stereocenters. The molecule has 4 nitrogen and oxygen atoms in total. The van der Waals surface area contributed by atoms with Crippen LogP contribution in [0.5, 0.6) is 0 Å². The third-order valence-electron chi connectivity index (χ3n) is 0.841. The molecular formula is C5H5NO3. The van der Waals surface area contributed by atoms with E-state index in [1.807, 2.05) is 0 Å². The number of ether oxygens (including phenoxy) is 1. The summed E-state index contributed by atoms with van der Waals surface area (Å²) < 4.78 is 4.67. The van der Waals surface area contributed by atoms with Crippen molar-refractivity contribution in [1.82, 2.24) is 5.32 Å². The Morgan fingerprint density at radius 1 is 1.67 bits per heavy atom. The van der Waals surface area contributed by atoms with Crippen LogP contribution in [0.4, 0.5) is 0 Å². The summed E-state index contributed by atoms with van der Waals surface area (Å²) in [6.07, 6.45) is 1.71. The van der Waals surface area contributed by atoms with Crippen LogP contribution in [0.2, 0.25) is 0 Å². The first-order chi connectivity index (χ1) is 4.33. The molecule has 1 saturated heterocycles. The SMILES string of the molecule is O=CC=C1NC(=O)CO1. The minimum Gasteiger partial charge on any atom is -0.469 e. The molecule has 0 aliphatic carbocycles. The van der Waals surface area contributed by atoms with Crippen LogP contribution in [0.3, 0.4) is 0 Å². The average Bonchev–Trinajstić information content (AvgIpc) is 2.17. The van der Waals surface area contributed by atoms with E-state index >= 15 is 0 Å². The summed E-state index contributed by atoms with van der Waals surface area (Å²) in [4.78, 5) is 20.1. The van der Waals surface area contributed by atoms with Gasteiger partial charge in [-0.2, -0.15) is 0 Å². The van der Waals surface area contributed by atoms with Gasteiger partial charge in [0.25, 0.3) is 5.91 Å². The van der Waals surface area contributed by atoms with E-state index in [1.165, 1.54) is 0 Å². The van der Waals surface area contributed by atoms with Crippen molar-refractivity contribution in [3.8, 4) is 0 Å². The molecule has 1 fully saturated rings. The lowest BCUT2D eigenvalue weighted by molar-refractivity contribution is -0.119. The topological polar surface area (TPSA) is 55.4 Å². The Bertz CT molecular complexity index is 173. The Morgan fingerprint density at radius 3 is 2.89 bits per heavy atom. The van der Waals surface area contributed by atoms with Gasteiger partial charge in [0.15, 0.2) is 12.5 Å². The highest BCUT2D eigenvalue weighted by molar-refractivity contribution is 5.82. The molecule has 0 aromatic heterocycles. The molecule has 1 heterocycles. The monoisotopic (exact) mass is 127 g/mol. The lowest BCUT2D eigenvalue weighted by Crippen LogP contribution is -2.13. The van der Waals surface area contributed by atoms with Crippen LogP contribution in [0.1, 0.15) is 0 Å². The zero-order valence-electron chi connectivity index (χ0n) is 4.59. The van der Waals surface area contributed by atoms with Crippen molar-refractivity contribution in [2.24, 2.45) is 0 Å². The third kappa shape index (κ3) is 1.28. The fourth-order valence-electron chi connectivity index (χ4n) is 0.504. The van der Waals surface area contributed by atoms with Crippen molar-refractivity contribution in [1.29, 1.82) is 0 Å². The molecule has 0 spiro atoms. The molecule has 0 saturated carbocycles. The van der Waals surface area contributed by atoms with Gasteiger partial charge in [0.1, 0.15) is 6.29 Å². The zero-order valence-corrected chi connectivity index (χ0v) is 4.59. The quantitative estimate of drug-likeness (QED) is 0.369. The van der Waals surface area contributed by atoms with Crippen LogP contribution in [-0.2, 0) is 14.3 Å². The standard InChI is InChI=1S/C5H5NO3/c7-2-1-5-6-4(8)3-9-5/h1-2H,3H2,(H,6,8). The molecule has 0 aromatic carbocycles. The molecule has 4 heteroatoms. The molecule has 1 rings (SSSR count). The Hall–Kier alpha value is -1.32. The smallest absolute Gasteiger partial charge is 0.264 e. The summed E-state index contributed by atoms with van der Waals surface area (Å²) in [6, 6.07) is 0. The molecule has 1 aliphatic rings. The first-order valence-corrected chi connectivity index (χ1v) is 2.41. The molecule has 48 valence electrons. The molecular weight excluding hydrogens is 122 g/mol. The molecule has 1 aliphatic heterocycles.